The van der Waals surface area contributed by atoms with Gasteiger partial charge in [-0.15, -0.1) is 0 Å². The average molecular weight is 353 g/mol. The molecule has 1 heterocycles. The lowest BCUT2D eigenvalue weighted by Crippen LogP contribution is -2.27. The Kier molecular flexibility index (Phi) is 5.97. The number of amides is 1. The zero-order valence-electron chi connectivity index (χ0n) is 13.5. The molecule has 5 nitrogen and oxygen atoms in total. The van der Waals surface area contributed by atoms with Crippen molar-refractivity contribution in [1.29, 1.82) is 0 Å². The Morgan fingerprint density at radius 2 is 2.04 bits per heavy atom. The van der Waals surface area contributed by atoms with E-state index in [4.69, 9.17) is 5.11 Å². The van der Waals surface area contributed by atoms with Crippen molar-refractivity contribution in [3.8, 4) is 0 Å². The first-order valence-electron chi connectivity index (χ1n) is 7.53. The Bertz CT molecular complexity index is 735. The number of aliphatic hydroxyl groups excluding tert-OH is 1. The van der Waals surface area contributed by atoms with Gasteiger partial charge in [-0.25, -0.2) is 0 Å². The van der Waals surface area contributed by atoms with Crippen LogP contribution in [0.4, 0.5) is 18.9 Å². The molecule has 8 heteroatoms. The highest BCUT2D eigenvalue weighted by Gasteiger charge is 2.30. The topological polar surface area (TPSA) is 65.5 Å². The van der Waals surface area contributed by atoms with Gasteiger partial charge in [-0.05, 0) is 29.8 Å². The van der Waals surface area contributed by atoms with E-state index in [2.05, 4.69) is 10.3 Å². The van der Waals surface area contributed by atoms with Crippen molar-refractivity contribution in [3.05, 3.63) is 59.4 Å². The molecule has 2 N–H and O–H groups in total. The maximum atomic E-state index is 12.8. The number of pyridine rings is 1. The Balaban J connectivity index is 2.13. The normalized spacial score (nSPS) is 11.2. The predicted octanol–water partition coefficient (Wildman–Crippen LogP) is 2.46. The van der Waals surface area contributed by atoms with Gasteiger partial charge in [-0.1, -0.05) is 12.1 Å². The lowest BCUT2D eigenvalue weighted by molar-refractivity contribution is -0.137. The summed E-state index contributed by atoms with van der Waals surface area (Å²) in [5.74, 6) is -0.427. The maximum absolute atomic E-state index is 12.8. The fraction of sp³-hybridized carbons (Fsp3) is 0.294. The van der Waals surface area contributed by atoms with Crippen LogP contribution in [-0.4, -0.2) is 36.2 Å². The van der Waals surface area contributed by atoms with Crippen LogP contribution in [0.1, 0.15) is 21.6 Å². The van der Waals surface area contributed by atoms with Crippen LogP contribution in [0.25, 0.3) is 0 Å². The van der Waals surface area contributed by atoms with Gasteiger partial charge in [0.25, 0.3) is 5.91 Å². The van der Waals surface area contributed by atoms with Crippen LogP contribution in [-0.2, 0) is 12.7 Å². The van der Waals surface area contributed by atoms with Gasteiger partial charge in [-0.3, -0.25) is 9.78 Å². The molecule has 0 unspecified atom stereocenters. The highest BCUT2D eigenvalue weighted by atomic mass is 19.4. The van der Waals surface area contributed by atoms with Gasteiger partial charge < -0.3 is 15.3 Å². The van der Waals surface area contributed by atoms with Crippen LogP contribution in [0.5, 0.6) is 0 Å². The first kappa shape index (κ1) is 18.7. The molecule has 1 aromatic heterocycles. The third kappa shape index (κ3) is 5.18. The Labute approximate surface area is 143 Å². The second kappa shape index (κ2) is 7.98. The summed E-state index contributed by atoms with van der Waals surface area (Å²) in [6.45, 7) is 0.178. The van der Waals surface area contributed by atoms with Crippen LogP contribution in [0, 0.1) is 0 Å². The molecular formula is C17H18F3N3O2. The lowest BCUT2D eigenvalue weighted by atomic mass is 10.1. The van der Waals surface area contributed by atoms with Gasteiger partial charge in [0.1, 0.15) is 5.69 Å². The summed E-state index contributed by atoms with van der Waals surface area (Å²) < 4.78 is 38.4. The third-order valence-electron chi connectivity index (χ3n) is 3.49. The number of nitrogens with one attached hydrogen (secondary N) is 1. The molecule has 0 aliphatic heterocycles. The highest BCUT2D eigenvalue weighted by molar-refractivity contribution is 5.93. The zero-order chi connectivity index (χ0) is 18.4. The van der Waals surface area contributed by atoms with E-state index in [0.717, 1.165) is 12.1 Å². The van der Waals surface area contributed by atoms with E-state index in [9.17, 15) is 18.0 Å². The monoisotopic (exact) mass is 353 g/mol. The van der Waals surface area contributed by atoms with Crippen molar-refractivity contribution in [2.45, 2.75) is 12.7 Å². The standard InChI is InChI=1S/C17H18F3N3O2/c1-23(11-12-3-2-4-13(9-12)17(18,19)20)14-5-6-21-15(10-14)16(25)22-7-8-24/h2-6,9-10,24H,7-8,11H2,1H3,(H,22,25). The summed E-state index contributed by atoms with van der Waals surface area (Å²) in [7, 11) is 1.71. The second-order valence-electron chi connectivity index (χ2n) is 5.43. The number of alkyl halides is 3. The summed E-state index contributed by atoms with van der Waals surface area (Å²) in [4.78, 5) is 17.5. The molecule has 2 aromatic rings. The van der Waals surface area contributed by atoms with Gasteiger partial charge in [0.15, 0.2) is 0 Å². The van der Waals surface area contributed by atoms with Crippen LogP contribution >= 0.6 is 0 Å². The molecule has 134 valence electrons. The Hall–Kier alpha value is -2.61. The first-order chi connectivity index (χ1) is 11.8. The molecule has 0 bridgehead atoms. The molecule has 0 fully saturated rings. The summed E-state index contributed by atoms with van der Waals surface area (Å²) in [5.41, 5.74) is 0.612. The number of hydrogen-bond acceptors (Lipinski definition) is 4. The lowest BCUT2D eigenvalue weighted by Gasteiger charge is -2.20. The van der Waals surface area contributed by atoms with Gasteiger partial charge >= 0.3 is 6.18 Å². The van der Waals surface area contributed by atoms with Crippen LogP contribution < -0.4 is 10.2 Å². The van der Waals surface area contributed by atoms with Crippen molar-refractivity contribution in [3.63, 3.8) is 0 Å². The summed E-state index contributed by atoms with van der Waals surface area (Å²) >= 11 is 0. The molecule has 25 heavy (non-hydrogen) atoms. The minimum atomic E-state index is -4.39. The summed E-state index contributed by atoms with van der Waals surface area (Å²) in [6, 6.07) is 8.32. The Morgan fingerprint density at radius 1 is 1.28 bits per heavy atom. The molecular weight excluding hydrogens is 335 g/mol. The van der Waals surface area contributed by atoms with E-state index in [1.807, 2.05) is 0 Å². The predicted molar refractivity (Wildman–Crippen MR) is 87.2 cm³/mol. The smallest absolute Gasteiger partial charge is 0.395 e. The van der Waals surface area contributed by atoms with Crippen molar-refractivity contribution >= 4 is 11.6 Å². The van der Waals surface area contributed by atoms with Crippen molar-refractivity contribution < 1.29 is 23.1 Å². The van der Waals surface area contributed by atoms with Crippen molar-refractivity contribution in [2.75, 3.05) is 25.1 Å². The molecule has 0 spiro atoms. The SMILES string of the molecule is CN(Cc1cccc(C(F)(F)F)c1)c1ccnc(C(=O)NCCO)c1. The minimum absolute atomic E-state index is 0.116. The minimum Gasteiger partial charge on any atom is -0.395 e. The number of halogens is 3. The summed E-state index contributed by atoms with van der Waals surface area (Å²) in [5, 5.41) is 11.2. The molecule has 0 atom stereocenters. The molecule has 1 amide bonds. The largest absolute Gasteiger partial charge is 0.416 e. The number of benzene rings is 1. The molecule has 0 aliphatic carbocycles. The van der Waals surface area contributed by atoms with Gasteiger partial charge in [0.2, 0.25) is 0 Å². The number of nitrogens with zero attached hydrogens (tertiary/aromatic N) is 2. The number of anilines is 1. The maximum Gasteiger partial charge on any atom is 0.416 e. The molecule has 2 rings (SSSR count). The van der Waals surface area contributed by atoms with Gasteiger partial charge in [0, 0.05) is 32.0 Å². The van der Waals surface area contributed by atoms with Gasteiger partial charge in [-0.2, -0.15) is 13.2 Å². The molecule has 0 radical (unpaired) electrons. The van der Waals surface area contributed by atoms with E-state index in [-0.39, 0.29) is 25.4 Å². The molecule has 0 saturated heterocycles. The third-order valence-corrected chi connectivity index (χ3v) is 3.49. The van der Waals surface area contributed by atoms with Crippen molar-refractivity contribution in [1.82, 2.24) is 10.3 Å². The van der Waals surface area contributed by atoms with Crippen LogP contribution in [0.15, 0.2) is 42.6 Å². The average Bonchev–Trinajstić information content (AvgIpc) is 2.59. The van der Waals surface area contributed by atoms with E-state index in [1.165, 1.54) is 12.3 Å². The number of rotatable bonds is 6. The quantitative estimate of drug-likeness (QED) is 0.837. The number of carbonyl (C=O) groups is 1. The number of aliphatic hydroxyl groups is 1. The fourth-order valence-electron chi connectivity index (χ4n) is 2.25. The summed E-state index contributed by atoms with van der Waals surface area (Å²) in [6.07, 6.45) is -2.94. The van der Waals surface area contributed by atoms with Crippen LogP contribution in [0.3, 0.4) is 0 Å². The van der Waals surface area contributed by atoms with E-state index in [1.54, 1.807) is 30.1 Å². The van der Waals surface area contributed by atoms with E-state index < -0.39 is 17.6 Å². The van der Waals surface area contributed by atoms with E-state index >= 15 is 0 Å². The van der Waals surface area contributed by atoms with E-state index in [0.29, 0.717) is 11.3 Å². The number of aromatic nitrogens is 1. The molecule has 1 aromatic carbocycles. The first-order valence-corrected chi connectivity index (χ1v) is 7.53. The second-order valence-corrected chi connectivity index (χ2v) is 5.43. The zero-order valence-corrected chi connectivity index (χ0v) is 13.5. The number of carbonyl (C=O) groups excluding carboxylic acids is 1. The fourth-order valence-corrected chi connectivity index (χ4v) is 2.25. The van der Waals surface area contributed by atoms with Gasteiger partial charge in [0.05, 0.1) is 12.2 Å². The molecule has 0 saturated carbocycles. The number of hydrogen-bond donors (Lipinski definition) is 2. The molecule has 0 aliphatic rings. The Morgan fingerprint density at radius 3 is 2.72 bits per heavy atom. The van der Waals surface area contributed by atoms with Crippen molar-refractivity contribution in [2.24, 2.45) is 0 Å². The highest BCUT2D eigenvalue weighted by Crippen LogP contribution is 2.30. The van der Waals surface area contributed by atoms with Crippen LogP contribution in [0.2, 0.25) is 0 Å².